The highest BCUT2D eigenvalue weighted by molar-refractivity contribution is 7.91. The highest BCUT2D eigenvalue weighted by atomic mass is 32.2. The summed E-state index contributed by atoms with van der Waals surface area (Å²) in [7, 11) is -2.88. The molecule has 130 valence electrons. The molecule has 1 fully saturated rings. The first-order valence-corrected chi connectivity index (χ1v) is 10.9. The van der Waals surface area contributed by atoms with Crippen molar-refractivity contribution in [3.63, 3.8) is 0 Å². The Hall–Kier alpha value is -0.830. The molecule has 0 saturated heterocycles. The van der Waals surface area contributed by atoms with Crippen LogP contribution >= 0.6 is 0 Å². The molecule has 0 bridgehead atoms. The lowest BCUT2D eigenvalue weighted by molar-refractivity contribution is 0.278. The molecule has 1 aromatic rings. The normalized spacial score (nSPS) is 22.4. The molecular weight excluding hydrogens is 304 g/mol. The zero-order valence-corrected chi connectivity index (χ0v) is 15.7. The van der Waals surface area contributed by atoms with Crippen LogP contribution in [0.4, 0.5) is 0 Å². The fourth-order valence-electron chi connectivity index (χ4n) is 3.52. The van der Waals surface area contributed by atoms with Crippen LogP contribution in [-0.4, -0.2) is 19.4 Å². The monoisotopic (exact) mass is 336 g/mol. The summed E-state index contributed by atoms with van der Waals surface area (Å²) in [5.74, 6) is 1.57. The molecule has 2 nitrogen and oxygen atoms in total. The third-order valence-corrected chi connectivity index (χ3v) is 7.80. The molecule has 0 aliphatic heterocycles. The van der Waals surface area contributed by atoms with Crippen molar-refractivity contribution >= 4 is 9.84 Å². The van der Waals surface area contributed by atoms with E-state index in [9.17, 15) is 8.42 Å². The van der Waals surface area contributed by atoms with E-state index in [1.165, 1.54) is 30.4 Å². The maximum Gasteiger partial charge on any atom is 0.152 e. The van der Waals surface area contributed by atoms with Crippen LogP contribution in [0.3, 0.4) is 0 Å². The van der Waals surface area contributed by atoms with E-state index in [1.54, 1.807) is 13.8 Å². The van der Waals surface area contributed by atoms with Crippen molar-refractivity contribution in [2.75, 3.05) is 5.75 Å². The molecule has 1 aliphatic carbocycles. The molecule has 1 aromatic carbocycles. The van der Waals surface area contributed by atoms with Gasteiger partial charge >= 0.3 is 0 Å². The minimum atomic E-state index is -2.88. The average Bonchev–Trinajstić information content (AvgIpc) is 2.54. The second-order valence-electron chi connectivity index (χ2n) is 7.47. The SMILES string of the molecule is CCc1ccc(CCC2CCC(CS(=O)(=O)C(C)C)CC2)cc1. The van der Waals surface area contributed by atoms with Gasteiger partial charge in [0.25, 0.3) is 0 Å². The van der Waals surface area contributed by atoms with Crippen LogP contribution in [0.2, 0.25) is 0 Å². The van der Waals surface area contributed by atoms with Crippen LogP contribution in [0.25, 0.3) is 0 Å². The van der Waals surface area contributed by atoms with E-state index in [1.807, 2.05) is 0 Å². The lowest BCUT2D eigenvalue weighted by atomic mass is 9.80. The third kappa shape index (κ3) is 5.63. The summed E-state index contributed by atoms with van der Waals surface area (Å²) < 4.78 is 24.1. The van der Waals surface area contributed by atoms with E-state index in [-0.39, 0.29) is 5.25 Å². The largest absolute Gasteiger partial charge is 0.229 e. The topological polar surface area (TPSA) is 34.1 Å². The smallest absolute Gasteiger partial charge is 0.152 e. The number of hydrogen-bond donors (Lipinski definition) is 0. The van der Waals surface area contributed by atoms with E-state index in [4.69, 9.17) is 0 Å². The molecule has 0 N–H and O–H groups in total. The van der Waals surface area contributed by atoms with E-state index < -0.39 is 9.84 Å². The summed E-state index contributed by atoms with van der Waals surface area (Å²) in [6, 6.07) is 9.01. The Balaban J connectivity index is 1.74. The van der Waals surface area contributed by atoms with Crippen LogP contribution in [0.15, 0.2) is 24.3 Å². The second-order valence-corrected chi connectivity index (χ2v) is 10.1. The number of rotatable bonds is 7. The quantitative estimate of drug-likeness (QED) is 0.716. The molecule has 0 aromatic heterocycles. The summed E-state index contributed by atoms with van der Waals surface area (Å²) in [5, 5.41) is -0.230. The highest BCUT2D eigenvalue weighted by Gasteiger charge is 2.27. The zero-order chi connectivity index (χ0) is 16.9. The fourth-order valence-corrected chi connectivity index (χ4v) is 4.90. The van der Waals surface area contributed by atoms with Gasteiger partial charge in [-0.25, -0.2) is 8.42 Å². The van der Waals surface area contributed by atoms with Crippen molar-refractivity contribution < 1.29 is 8.42 Å². The van der Waals surface area contributed by atoms with E-state index in [0.29, 0.717) is 11.7 Å². The minimum Gasteiger partial charge on any atom is -0.229 e. The molecule has 0 amide bonds. The molecule has 23 heavy (non-hydrogen) atoms. The number of benzene rings is 1. The van der Waals surface area contributed by atoms with Gasteiger partial charge in [0, 0.05) is 0 Å². The predicted molar refractivity (Wildman–Crippen MR) is 98.5 cm³/mol. The van der Waals surface area contributed by atoms with Crippen LogP contribution in [0, 0.1) is 11.8 Å². The molecule has 0 radical (unpaired) electrons. The summed E-state index contributed by atoms with van der Waals surface area (Å²) in [4.78, 5) is 0. The van der Waals surface area contributed by atoms with Crippen molar-refractivity contribution in [2.45, 2.75) is 71.0 Å². The minimum absolute atomic E-state index is 0.230. The number of aryl methyl sites for hydroxylation is 2. The first kappa shape index (κ1) is 18.5. The average molecular weight is 337 g/mol. The standard InChI is InChI=1S/C20H32O2S/c1-4-17-5-7-18(8-6-17)9-10-19-11-13-20(14-12-19)15-23(21,22)16(2)3/h5-8,16,19-20H,4,9-15H2,1-3H3. The Labute approximate surface area is 142 Å². The van der Waals surface area contributed by atoms with E-state index >= 15 is 0 Å². The first-order valence-electron chi connectivity index (χ1n) is 9.20. The van der Waals surface area contributed by atoms with Gasteiger partial charge in [-0.2, -0.15) is 0 Å². The van der Waals surface area contributed by atoms with Gasteiger partial charge < -0.3 is 0 Å². The van der Waals surface area contributed by atoms with Crippen molar-refractivity contribution in [3.8, 4) is 0 Å². The third-order valence-electron chi connectivity index (χ3n) is 5.43. The predicted octanol–water partition coefficient (Wildman–Crippen LogP) is 4.81. The maximum atomic E-state index is 12.0. The van der Waals surface area contributed by atoms with Gasteiger partial charge in [-0.3, -0.25) is 0 Å². The zero-order valence-electron chi connectivity index (χ0n) is 14.9. The Morgan fingerprint density at radius 2 is 1.48 bits per heavy atom. The summed E-state index contributed by atoms with van der Waals surface area (Å²) in [5.41, 5.74) is 2.84. The molecule has 0 spiro atoms. The Kier molecular flexibility index (Phi) is 6.70. The van der Waals surface area contributed by atoms with Crippen molar-refractivity contribution in [3.05, 3.63) is 35.4 Å². The molecule has 1 aliphatic rings. The van der Waals surface area contributed by atoms with Crippen molar-refractivity contribution in [1.29, 1.82) is 0 Å². The van der Waals surface area contributed by atoms with Gasteiger partial charge in [0.05, 0.1) is 11.0 Å². The van der Waals surface area contributed by atoms with Crippen LogP contribution in [0.1, 0.15) is 64.0 Å². The lowest BCUT2D eigenvalue weighted by Gasteiger charge is -2.28. The Morgan fingerprint density at radius 3 is 2.00 bits per heavy atom. The second kappa shape index (κ2) is 8.32. The van der Waals surface area contributed by atoms with Gasteiger partial charge in [0.1, 0.15) is 0 Å². The Morgan fingerprint density at radius 1 is 0.957 bits per heavy atom. The van der Waals surface area contributed by atoms with Gasteiger partial charge in [-0.1, -0.05) is 44.0 Å². The molecular formula is C20H32O2S. The van der Waals surface area contributed by atoms with Crippen LogP contribution in [-0.2, 0) is 22.7 Å². The highest BCUT2D eigenvalue weighted by Crippen LogP contribution is 2.32. The summed E-state index contributed by atoms with van der Waals surface area (Å²) in [6.45, 7) is 5.78. The Bertz CT molecular complexity index is 564. The lowest BCUT2D eigenvalue weighted by Crippen LogP contribution is -2.26. The fraction of sp³-hybridized carbons (Fsp3) is 0.700. The van der Waals surface area contributed by atoms with Crippen LogP contribution < -0.4 is 0 Å². The molecule has 1 saturated carbocycles. The van der Waals surface area contributed by atoms with Crippen molar-refractivity contribution in [1.82, 2.24) is 0 Å². The number of sulfone groups is 1. The molecule has 2 rings (SSSR count). The van der Waals surface area contributed by atoms with E-state index in [2.05, 4.69) is 31.2 Å². The maximum absolute atomic E-state index is 12.0. The summed E-state index contributed by atoms with van der Waals surface area (Å²) in [6.07, 6.45) is 8.08. The van der Waals surface area contributed by atoms with Gasteiger partial charge in [-0.05, 0) is 68.9 Å². The molecule has 0 atom stereocenters. The van der Waals surface area contributed by atoms with Crippen molar-refractivity contribution in [2.24, 2.45) is 11.8 Å². The van der Waals surface area contributed by atoms with E-state index in [0.717, 1.165) is 31.6 Å². The summed E-state index contributed by atoms with van der Waals surface area (Å²) >= 11 is 0. The number of hydrogen-bond acceptors (Lipinski definition) is 2. The van der Waals surface area contributed by atoms with Crippen LogP contribution in [0.5, 0.6) is 0 Å². The molecule has 3 heteroatoms. The van der Waals surface area contributed by atoms with Gasteiger partial charge in [0.2, 0.25) is 0 Å². The molecule has 0 heterocycles. The first-order chi connectivity index (χ1) is 10.9. The van der Waals surface area contributed by atoms with Gasteiger partial charge in [-0.15, -0.1) is 0 Å². The molecule has 0 unspecified atom stereocenters. The van der Waals surface area contributed by atoms with Gasteiger partial charge in [0.15, 0.2) is 9.84 Å².